The van der Waals surface area contributed by atoms with Gasteiger partial charge in [0, 0.05) is 49.6 Å². The van der Waals surface area contributed by atoms with Crippen LogP contribution < -0.4 is 9.64 Å². The molecule has 160 valence electrons. The Hall–Kier alpha value is -2.64. The van der Waals surface area contributed by atoms with Crippen LogP contribution >= 0.6 is 22.9 Å². The first kappa shape index (κ1) is 20.3. The predicted octanol–water partition coefficient (Wildman–Crippen LogP) is 4.37. The van der Waals surface area contributed by atoms with Crippen LogP contribution in [0.15, 0.2) is 48.5 Å². The largest absolute Gasteiger partial charge is 0.467 e. The zero-order valence-corrected chi connectivity index (χ0v) is 18.4. The third kappa shape index (κ3) is 4.25. The predicted molar refractivity (Wildman–Crippen MR) is 122 cm³/mol. The molecule has 3 heterocycles. The molecule has 0 radical (unpaired) electrons. The van der Waals surface area contributed by atoms with E-state index in [1.54, 1.807) is 28.4 Å². The number of fused-ring (bicyclic) bond motifs is 1. The summed E-state index contributed by atoms with van der Waals surface area (Å²) in [6.45, 7) is 1.70. The van der Waals surface area contributed by atoms with Gasteiger partial charge in [-0.05, 0) is 36.4 Å². The molecule has 2 aliphatic heterocycles. The normalized spacial score (nSPS) is 19.9. The van der Waals surface area contributed by atoms with Crippen LogP contribution in [0.1, 0.15) is 19.3 Å². The number of anilines is 1. The van der Waals surface area contributed by atoms with Crippen LogP contribution in [0.5, 0.6) is 5.19 Å². The Morgan fingerprint density at radius 2 is 1.84 bits per heavy atom. The third-order valence-electron chi connectivity index (χ3n) is 5.91. The number of para-hydroxylation sites is 1. The highest BCUT2D eigenvalue weighted by atomic mass is 35.5. The highest BCUT2D eigenvalue weighted by molar-refractivity contribution is 7.20. The second-order valence-electron chi connectivity index (χ2n) is 7.97. The molecule has 6 nitrogen and oxygen atoms in total. The number of rotatable bonds is 4. The number of likely N-dealkylation sites (tertiary alicyclic amines) is 1. The molecule has 0 saturated carbocycles. The minimum absolute atomic E-state index is 0.0188. The maximum Gasteiger partial charge on any atom is 0.274 e. The van der Waals surface area contributed by atoms with E-state index in [9.17, 15) is 9.59 Å². The van der Waals surface area contributed by atoms with Crippen molar-refractivity contribution >= 4 is 50.7 Å². The molecule has 2 amide bonds. The van der Waals surface area contributed by atoms with Gasteiger partial charge < -0.3 is 14.5 Å². The van der Waals surface area contributed by atoms with Crippen molar-refractivity contribution in [3.05, 3.63) is 53.6 Å². The Morgan fingerprint density at radius 3 is 2.58 bits per heavy atom. The molecular weight excluding hydrogens is 434 g/mol. The number of hydrogen-bond donors (Lipinski definition) is 0. The van der Waals surface area contributed by atoms with Gasteiger partial charge >= 0.3 is 0 Å². The van der Waals surface area contributed by atoms with Crippen LogP contribution in [0.25, 0.3) is 10.2 Å². The van der Waals surface area contributed by atoms with E-state index in [4.69, 9.17) is 16.3 Å². The van der Waals surface area contributed by atoms with E-state index >= 15 is 0 Å². The summed E-state index contributed by atoms with van der Waals surface area (Å²) < 4.78 is 7.20. The van der Waals surface area contributed by atoms with Crippen LogP contribution in [0.2, 0.25) is 5.02 Å². The zero-order chi connectivity index (χ0) is 21.4. The third-order valence-corrected chi connectivity index (χ3v) is 7.09. The van der Waals surface area contributed by atoms with Gasteiger partial charge in [0.25, 0.3) is 5.19 Å². The number of carbonyl (C=O) groups is 2. The fourth-order valence-electron chi connectivity index (χ4n) is 4.24. The number of halogens is 1. The maximum absolute atomic E-state index is 13.0. The van der Waals surface area contributed by atoms with E-state index in [-0.39, 0.29) is 30.3 Å². The van der Waals surface area contributed by atoms with Crippen molar-refractivity contribution in [1.82, 2.24) is 9.88 Å². The molecule has 1 aromatic heterocycles. The van der Waals surface area contributed by atoms with Crippen molar-refractivity contribution in [2.24, 2.45) is 5.92 Å². The zero-order valence-electron chi connectivity index (χ0n) is 16.9. The molecule has 0 spiro atoms. The minimum Gasteiger partial charge on any atom is -0.467 e. The number of aromatic nitrogens is 1. The number of amides is 2. The number of carbonyl (C=O) groups excluding carboxylic acids is 2. The van der Waals surface area contributed by atoms with Gasteiger partial charge in [0.15, 0.2) is 0 Å². The van der Waals surface area contributed by atoms with Gasteiger partial charge in [0.05, 0.1) is 16.1 Å². The van der Waals surface area contributed by atoms with Crippen LogP contribution in [-0.4, -0.2) is 47.4 Å². The number of thiazole rings is 1. The molecule has 0 N–H and O–H groups in total. The Labute approximate surface area is 189 Å². The van der Waals surface area contributed by atoms with Gasteiger partial charge in [-0.25, -0.2) is 4.98 Å². The van der Waals surface area contributed by atoms with Gasteiger partial charge in [-0.2, -0.15) is 0 Å². The second-order valence-corrected chi connectivity index (χ2v) is 9.40. The highest BCUT2D eigenvalue weighted by Crippen LogP contribution is 2.31. The highest BCUT2D eigenvalue weighted by Gasteiger charge is 2.38. The molecule has 1 atom stereocenters. The second kappa shape index (κ2) is 8.48. The fourth-order valence-corrected chi connectivity index (χ4v) is 5.25. The summed E-state index contributed by atoms with van der Waals surface area (Å²) in [6.07, 6.45) is 1.84. The van der Waals surface area contributed by atoms with Crippen molar-refractivity contribution < 1.29 is 14.3 Å². The fraction of sp³-hybridized carbons (Fsp3) is 0.348. The van der Waals surface area contributed by atoms with Crippen molar-refractivity contribution in [2.45, 2.75) is 25.4 Å². The van der Waals surface area contributed by atoms with Crippen molar-refractivity contribution in [3.63, 3.8) is 0 Å². The standard InChI is InChI=1S/C23H22ClN3O3S/c24-16-5-7-17(8-6-16)27-14-15(13-21(27)28)22(29)26-11-9-18(10-12-26)30-23-25-19-3-1-2-4-20(19)31-23/h1-8,15,18H,9-14H2. The van der Waals surface area contributed by atoms with Gasteiger partial charge in [-0.3, -0.25) is 9.59 Å². The molecule has 2 aromatic carbocycles. The first-order valence-corrected chi connectivity index (χ1v) is 11.6. The first-order valence-electron chi connectivity index (χ1n) is 10.4. The summed E-state index contributed by atoms with van der Waals surface area (Å²) >= 11 is 7.49. The van der Waals surface area contributed by atoms with E-state index in [1.165, 1.54) is 0 Å². The first-order chi connectivity index (χ1) is 15.1. The molecule has 1 unspecified atom stereocenters. The van der Waals surface area contributed by atoms with Crippen LogP contribution in [0.4, 0.5) is 5.69 Å². The summed E-state index contributed by atoms with van der Waals surface area (Å²) in [6, 6.07) is 15.1. The summed E-state index contributed by atoms with van der Waals surface area (Å²) in [5.41, 5.74) is 1.74. The molecule has 2 fully saturated rings. The summed E-state index contributed by atoms with van der Waals surface area (Å²) in [5, 5.41) is 1.31. The average molecular weight is 456 g/mol. The minimum atomic E-state index is -0.301. The van der Waals surface area contributed by atoms with Gasteiger partial charge in [0.1, 0.15) is 6.10 Å². The van der Waals surface area contributed by atoms with Crippen LogP contribution in [0.3, 0.4) is 0 Å². The topological polar surface area (TPSA) is 62.7 Å². The van der Waals surface area contributed by atoms with Crippen molar-refractivity contribution in [3.8, 4) is 5.19 Å². The van der Waals surface area contributed by atoms with Crippen LogP contribution in [-0.2, 0) is 9.59 Å². The molecule has 0 bridgehead atoms. The Bertz CT molecular complexity index is 1080. The molecule has 3 aromatic rings. The Balaban J connectivity index is 1.16. The maximum atomic E-state index is 13.0. The summed E-state index contributed by atoms with van der Waals surface area (Å²) in [4.78, 5) is 33.6. The molecule has 2 aliphatic rings. The number of ether oxygens (including phenoxy) is 1. The summed E-state index contributed by atoms with van der Waals surface area (Å²) in [5.74, 6) is -0.261. The number of piperidine rings is 1. The quantitative estimate of drug-likeness (QED) is 0.586. The smallest absolute Gasteiger partial charge is 0.274 e. The van der Waals surface area contributed by atoms with Gasteiger partial charge in [-0.15, -0.1) is 0 Å². The van der Waals surface area contributed by atoms with E-state index in [0.717, 1.165) is 28.7 Å². The number of hydrogen-bond acceptors (Lipinski definition) is 5. The lowest BCUT2D eigenvalue weighted by molar-refractivity contribution is -0.137. The van der Waals surface area contributed by atoms with E-state index in [1.807, 2.05) is 41.3 Å². The molecule has 8 heteroatoms. The SMILES string of the molecule is O=C(C1CC(=O)N(c2ccc(Cl)cc2)C1)N1CCC(Oc2nc3ccccc3s2)CC1. The lowest BCUT2D eigenvalue weighted by Gasteiger charge is -2.33. The Morgan fingerprint density at radius 1 is 1.10 bits per heavy atom. The lowest BCUT2D eigenvalue weighted by Crippen LogP contribution is -2.44. The van der Waals surface area contributed by atoms with Gasteiger partial charge in [-0.1, -0.05) is 35.1 Å². The summed E-state index contributed by atoms with van der Waals surface area (Å²) in [7, 11) is 0. The number of nitrogens with zero attached hydrogens (tertiary/aromatic N) is 3. The van der Waals surface area contributed by atoms with E-state index in [2.05, 4.69) is 4.98 Å². The molecule has 0 aliphatic carbocycles. The van der Waals surface area contributed by atoms with E-state index in [0.29, 0.717) is 29.9 Å². The lowest BCUT2D eigenvalue weighted by atomic mass is 10.0. The Kier molecular flexibility index (Phi) is 5.54. The average Bonchev–Trinajstić information content (AvgIpc) is 3.37. The monoisotopic (exact) mass is 455 g/mol. The molecule has 2 saturated heterocycles. The molecule has 5 rings (SSSR count). The van der Waals surface area contributed by atoms with Crippen LogP contribution in [0, 0.1) is 5.92 Å². The molecule has 31 heavy (non-hydrogen) atoms. The molecular formula is C23H22ClN3O3S. The van der Waals surface area contributed by atoms with Gasteiger partial charge in [0.2, 0.25) is 11.8 Å². The van der Waals surface area contributed by atoms with E-state index < -0.39 is 0 Å². The van der Waals surface area contributed by atoms with Crippen molar-refractivity contribution in [1.29, 1.82) is 0 Å². The van der Waals surface area contributed by atoms with Crippen molar-refractivity contribution in [2.75, 3.05) is 24.5 Å². The number of benzene rings is 2.